The van der Waals surface area contributed by atoms with E-state index >= 15 is 0 Å². The van der Waals surface area contributed by atoms with Gasteiger partial charge in [-0.3, -0.25) is 4.79 Å². The Morgan fingerprint density at radius 2 is 1.85 bits per heavy atom. The Bertz CT molecular complexity index is 559. The van der Waals surface area contributed by atoms with Crippen LogP contribution < -0.4 is 10.6 Å². The minimum Gasteiger partial charge on any atom is -0.444 e. The normalized spacial score (nSPS) is 12.5. The van der Waals surface area contributed by atoms with Crippen molar-refractivity contribution in [3.63, 3.8) is 0 Å². The number of nitrogens with zero attached hydrogens (tertiary/aromatic N) is 1. The second kappa shape index (κ2) is 11.1. The number of likely N-dealkylation sites (N-methyl/N-ethyl adjacent to an activating group) is 1. The van der Waals surface area contributed by atoms with Gasteiger partial charge < -0.3 is 20.3 Å². The van der Waals surface area contributed by atoms with Crippen LogP contribution in [0.2, 0.25) is 0 Å². The molecule has 0 aliphatic rings. The van der Waals surface area contributed by atoms with Crippen LogP contribution in [-0.2, 0) is 15.3 Å². The average Bonchev–Trinajstić information content (AvgIpc) is 2.52. The maximum atomic E-state index is 12.5. The third-order valence-corrected chi connectivity index (χ3v) is 4.37. The van der Waals surface area contributed by atoms with E-state index in [1.54, 1.807) is 32.5 Å². The summed E-state index contributed by atoms with van der Waals surface area (Å²) >= 11 is 1.60. The molecule has 1 unspecified atom stereocenters. The molecule has 0 bridgehead atoms. The highest BCUT2D eigenvalue weighted by atomic mass is 32.2. The Kier molecular flexibility index (Phi) is 9.51. The Balaban J connectivity index is 2.58. The van der Waals surface area contributed by atoms with Gasteiger partial charge in [-0.15, -0.1) is 0 Å². The quantitative estimate of drug-likeness (QED) is 0.688. The summed E-state index contributed by atoms with van der Waals surface area (Å²) in [5.41, 5.74) is 0.578. The smallest absolute Gasteiger partial charge is 0.408 e. The lowest BCUT2D eigenvalue weighted by molar-refractivity contribution is -0.122. The fourth-order valence-corrected chi connectivity index (χ4v) is 3.04. The van der Waals surface area contributed by atoms with Gasteiger partial charge in [-0.1, -0.05) is 30.3 Å². The third-order valence-electron chi connectivity index (χ3n) is 3.26. The second-order valence-electron chi connectivity index (χ2n) is 7.29. The molecule has 6 nitrogen and oxygen atoms in total. The molecule has 0 aliphatic heterocycles. The van der Waals surface area contributed by atoms with E-state index in [-0.39, 0.29) is 5.91 Å². The number of hydrogen-bond acceptors (Lipinski definition) is 5. The van der Waals surface area contributed by atoms with Crippen LogP contribution in [0.1, 0.15) is 26.3 Å². The molecule has 0 heterocycles. The van der Waals surface area contributed by atoms with Gasteiger partial charge in [0, 0.05) is 24.6 Å². The van der Waals surface area contributed by atoms with Crippen molar-refractivity contribution in [2.75, 3.05) is 32.9 Å². The van der Waals surface area contributed by atoms with E-state index in [0.29, 0.717) is 12.3 Å². The highest BCUT2D eigenvalue weighted by Crippen LogP contribution is 2.14. The first-order valence-electron chi connectivity index (χ1n) is 8.71. The van der Waals surface area contributed by atoms with Crippen LogP contribution in [0.5, 0.6) is 0 Å². The van der Waals surface area contributed by atoms with Crippen molar-refractivity contribution in [3.05, 3.63) is 35.9 Å². The first-order valence-corrected chi connectivity index (χ1v) is 9.86. The van der Waals surface area contributed by atoms with Crippen LogP contribution in [-0.4, -0.2) is 61.5 Å². The number of nitrogens with one attached hydrogen (secondary N) is 2. The topological polar surface area (TPSA) is 70.7 Å². The van der Waals surface area contributed by atoms with Crippen LogP contribution in [0.3, 0.4) is 0 Å². The van der Waals surface area contributed by atoms with E-state index in [0.717, 1.165) is 12.3 Å². The van der Waals surface area contributed by atoms with Gasteiger partial charge in [0.2, 0.25) is 5.91 Å². The van der Waals surface area contributed by atoms with Gasteiger partial charge in [0.05, 0.1) is 0 Å². The van der Waals surface area contributed by atoms with E-state index in [1.807, 2.05) is 49.3 Å². The monoisotopic (exact) mass is 381 g/mol. The summed E-state index contributed by atoms with van der Waals surface area (Å²) in [6, 6.07) is 9.39. The predicted octanol–water partition coefficient (Wildman–Crippen LogP) is 2.49. The molecule has 0 spiro atoms. The minimum atomic E-state index is -0.638. The van der Waals surface area contributed by atoms with Crippen molar-refractivity contribution in [1.29, 1.82) is 0 Å². The van der Waals surface area contributed by atoms with Crippen LogP contribution >= 0.6 is 11.8 Å². The molecule has 2 amide bonds. The summed E-state index contributed by atoms with van der Waals surface area (Å²) in [6.45, 7) is 6.65. The fraction of sp³-hybridized carbons (Fsp3) is 0.579. The summed E-state index contributed by atoms with van der Waals surface area (Å²) in [6.07, 6.45) is -0.578. The number of amides is 2. The average molecular weight is 382 g/mol. The largest absolute Gasteiger partial charge is 0.444 e. The summed E-state index contributed by atoms with van der Waals surface area (Å²) in [7, 11) is 3.89. The number of carbonyl (C=O) groups excluding carboxylic acids is 2. The molecule has 1 aromatic rings. The van der Waals surface area contributed by atoms with E-state index in [9.17, 15) is 9.59 Å². The molecular weight excluding hydrogens is 350 g/mol. The zero-order valence-electron chi connectivity index (χ0n) is 16.4. The molecular formula is C19H31N3O3S. The molecule has 1 aromatic carbocycles. The Morgan fingerprint density at radius 1 is 1.19 bits per heavy atom. The van der Waals surface area contributed by atoms with Crippen molar-refractivity contribution in [1.82, 2.24) is 15.5 Å². The van der Waals surface area contributed by atoms with E-state index < -0.39 is 17.7 Å². The number of thioether (sulfide) groups is 1. The molecule has 0 fully saturated rings. The van der Waals surface area contributed by atoms with Crippen LogP contribution in [0.25, 0.3) is 0 Å². The first-order chi connectivity index (χ1) is 12.2. The number of alkyl carbamates (subject to hydrolysis) is 1. The van der Waals surface area contributed by atoms with Gasteiger partial charge in [0.25, 0.3) is 0 Å². The van der Waals surface area contributed by atoms with Crippen molar-refractivity contribution in [2.24, 2.45) is 0 Å². The van der Waals surface area contributed by atoms with Gasteiger partial charge in [-0.25, -0.2) is 4.79 Å². The number of rotatable bonds is 9. The molecule has 2 N–H and O–H groups in total. The molecule has 0 radical (unpaired) electrons. The molecule has 1 atom stereocenters. The van der Waals surface area contributed by atoms with Gasteiger partial charge in [-0.2, -0.15) is 11.8 Å². The molecule has 0 saturated carbocycles. The Labute approximate surface area is 161 Å². The minimum absolute atomic E-state index is 0.196. The fourth-order valence-electron chi connectivity index (χ4n) is 2.03. The Hall–Kier alpha value is -1.73. The summed E-state index contributed by atoms with van der Waals surface area (Å²) in [5.74, 6) is 1.05. The molecule has 26 heavy (non-hydrogen) atoms. The SMILES string of the molecule is CN(C)CCNC(=O)C(CSCc1ccccc1)NC(=O)OC(C)(C)C. The van der Waals surface area contributed by atoms with Gasteiger partial charge in [-0.05, 0) is 40.4 Å². The number of benzene rings is 1. The molecule has 7 heteroatoms. The van der Waals surface area contributed by atoms with Crippen LogP contribution in [0, 0.1) is 0 Å². The lowest BCUT2D eigenvalue weighted by Crippen LogP contribution is -2.50. The number of ether oxygens (including phenoxy) is 1. The van der Waals surface area contributed by atoms with E-state index in [2.05, 4.69) is 10.6 Å². The number of hydrogen-bond donors (Lipinski definition) is 2. The van der Waals surface area contributed by atoms with E-state index in [1.165, 1.54) is 5.56 Å². The summed E-state index contributed by atoms with van der Waals surface area (Å²) in [5, 5.41) is 5.56. The van der Waals surface area contributed by atoms with Gasteiger partial charge in [0.1, 0.15) is 11.6 Å². The Morgan fingerprint density at radius 3 is 2.42 bits per heavy atom. The van der Waals surface area contributed by atoms with E-state index in [4.69, 9.17) is 4.74 Å². The highest BCUT2D eigenvalue weighted by molar-refractivity contribution is 7.98. The van der Waals surface area contributed by atoms with Crippen molar-refractivity contribution in [3.8, 4) is 0 Å². The molecule has 0 saturated heterocycles. The van der Waals surface area contributed by atoms with Gasteiger partial charge >= 0.3 is 6.09 Å². The maximum Gasteiger partial charge on any atom is 0.408 e. The standard InChI is InChI=1S/C19H31N3O3S/c1-19(2,3)25-18(24)21-16(17(23)20-11-12-22(4)5)14-26-13-15-9-7-6-8-10-15/h6-10,16H,11-14H2,1-5H3,(H,20,23)(H,21,24). The van der Waals surface area contributed by atoms with Crippen molar-refractivity contribution < 1.29 is 14.3 Å². The molecule has 146 valence electrons. The zero-order valence-corrected chi connectivity index (χ0v) is 17.2. The maximum absolute atomic E-state index is 12.5. The first kappa shape index (κ1) is 22.3. The molecule has 0 aromatic heterocycles. The van der Waals surface area contributed by atoms with Crippen molar-refractivity contribution >= 4 is 23.8 Å². The third kappa shape index (κ3) is 10.3. The molecule has 0 aliphatic carbocycles. The van der Waals surface area contributed by atoms with Crippen LogP contribution in [0.15, 0.2) is 30.3 Å². The van der Waals surface area contributed by atoms with Crippen LogP contribution in [0.4, 0.5) is 4.79 Å². The highest BCUT2D eigenvalue weighted by Gasteiger charge is 2.24. The van der Waals surface area contributed by atoms with Gasteiger partial charge in [0.15, 0.2) is 0 Å². The summed E-state index contributed by atoms with van der Waals surface area (Å²) < 4.78 is 5.28. The number of carbonyl (C=O) groups is 2. The lowest BCUT2D eigenvalue weighted by Gasteiger charge is -2.23. The molecule has 1 rings (SSSR count). The summed E-state index contributed by atoms with van der Waals surface area (Å²) in [4.78, 5) is 26.5. The van der Waals surface area contributed by atoms with Crippen molar-refractivity contribution in [2.45, 2.75) is 38.2 Å². The second-order valence-corrected chi connectivity index (χ2v) is 8.32. The predicted molar refractivity (Wildman–Crippen MR) is 107 cm³/mol. The lowest BCUT2D eigenvalue weighted by atomic mass is 10.2. The zero-order chi connectivity index (χ0) is 19.6.